The quantitative estimate of drug-likeness (QED) is 0.157. The topological polar surface area (TPSA) is 12.5 Å². The Hall–Kier alpha value is -0.300. The first kappa shape index (κ1) is 19.7. The van der Waals surface area contributed by atoms with Crippen LogP contribution in [0.15, 0.2) is 12.2 Å². The van der Waals surface area contributed by atoms with Gasteiger partial charge in [-0.15, -0.1) is 0 Å². The van der Waals surface area contributed by atoms with E-state index in [1.807, 2.05) is 0 Å². The third-order valence-electron chi connectivity index (χ3n) is 4.68. The first-order valence-electron chi connectivity index (χ1n) is 10.2. The lowest BCUT2D eigenvalue weighted by atomic mass is 10.0. The smallest absolute Gasteiger partial charge is 0.0991 e. The van der Waals surface area contributed by atoms with Gasteiger partial charge in [-0.3, -0.25) is 0 Å². The molecule has 1 heteroatoms. The van der Waals surface area contributed by atoms with E-state index in [2.05, 4.69) is 19.1 Å². The predicted molar refractivity (Wildman–Crippen MR) is 98.4 cm³/mol. The number of unbranched alkanes of at least 4 members (excludes halogenated alkanes) is 15. The highest BCUT2D eigenvalue weighted by Crippen LogP contribution is 2.14. The minimum absolute atomic E-state index is 0.469. The van der Waals surface area contributed by atoms with E-state index >= 15 is 0 Å². The van der Waals surface area contributed by atoms with Crippen LogP contribution >= 0.6 is 0 Å². The van der Waals surface area contributed by atoms with Gasteiger partial charge in [-0.2, -0.15) is 0 Å². The SMILES string of the molecule is CCCCCCCCCCCCCCCCCC=CC1CO1. The molecule has 1 aliphatic rings. The van der Waals surface area contributed by atoms with Crippen molar-refractivity contribution in [2.75, 3.05) is 6.61 Å². The highest BCUT2D eigenvalue weighted by Gasteiger charge is 2.17. The molecule has 1 nitrogen and oxygen atoms in total. The van der Waals surface area contributed by atoms with Crippen LogP contribution < -0.4 is 0 Å². The van der Waals surface area contributed by atoms with Crippen molar-refractivity contribution in [2.45, 2.75) is 116 Å². The second-order valence-electron chi connectivity index (χ2n) is 7.04. The zero-order chi connectivity index (χ0) is 15.7. The summed E-state index contributed by atoms with van der Waals surface area (Å²) in [6, 6.07) is 0. The molecule has 0 amide bonds. The van der Waals surface area contributed by atoms with E-state index in [0.29, 0.717) is 6.10 Å². The van der Waals surface area contributed by atoms with Gasteiger partial charge < -0.3 is 4.74 Å². The van der Waals surface area contributed by atoms with Gasteiger partial charge in [0.05, 0.1) is 12.7 Å². The van der Waals surface area contributed by atoms with Crippen molar-refractivity contribution in [2.24, 2.45) is 0 Å². The Morgan fingerprint density at radius 2 is 1.09 bits per heavy atom. The van der Waals surface area contributed by atoms with Crippen molar-refractivity contribution in [3.63, 3.8) is 0 Å². The van der Waals surface area contributed by atoms with Crippen LogP contribution in [0, 0.1) is 0 Å². The van der Waals surface area contributed by atoms with Crippen molar-refractivity contribution >= 4 is 0 Å². The van der Waals surface area contributed by atoms with Crippen LogP contribution in [0.4, 0.5) is 0 Å². The summed E-state index contributed by atoms with van der Waals surface area (Å²) in [5.74, 6) is 0. The molecule has 1 fully saturated rings. The number of ether oxygens (including phenoxy) is 1. The zero-order valence-corrected chi connectivity index (χ0v) is 15.2. The van der Waals surface area contributed by atoms with Gasteiger partial charge in [0.15, 0.2) is 0 Å². The van der Waals surface area contributed by atoms with Gasteiger partial charge in [0.1, 0.15) is 0 Å². The molecule has 0 aromatic rings. The molecule has 1 rings (SSSR count). The fourth-order valence-corrected chi connectivity index (χ4v) is 3.05. The van der Waals surface area contributed by atoms with Gasteiger partial charge in [0, 0.05) is 0 Å². The summed E-state index contributed by atoms with van der Waals surface area (Å²) in [5.41, 5.74) is 0. The fourth-order valence-electron chi connectivity index (χ4n) is 3.05. The minimum Gasteiger partial charge on any atom is -0.369 e. The second-order valence-corrected chi connectivity index (χ2v) is 7.04. The number of epoxide rings is 1. The summed E-state index contributed by atoms with van der Waals surface area (Å²) in [6.45, 7) is 3.25. The Labute approximate surface area is 139 Å². The monoisotopic (exact) mass is 308 g/mol. The van der Waals surface area contributed by atoms with Crippen LogP contribution in [-0.2, 0) is 4.74 Å². The highest BCUT2D eigenvalue weighted by molar-refractivity contribution is 4.95. The van der Waals surface area contributed by atoms with Crippen LogP contribution in [0.5, 0.6) is 0 Å². The summed E-state index contributed by atoms with van der Waals surface area (Å²) in [7, 11) is 0. The molecule has 1 aliphatic heterocycles. The Morgan fingerprint density at radius 1 is 0.682 bits per heavy atom. The van der Waals surface area contributed by atoms with Crippen molar-refractivity contribution in [1.82, 2.24) is 0 Å². The van der Waals surface area contributed by atoms with Gasteiger partial charge in [-0.25, -0.2) is 0 Å². The maximum atomic E-state index is 5.15. The Bertz CT molecular complexity index is 242. The van der Waals surface area contributed by atoms with Crippen LogP contribution in [-0.4, -0.2) is 12.7 Å². The average Bonchev–Trinajstić information content (AvgIpc) is 3.34. The summed E-state index contributed by atoms with van der Waals surface area (Å²) in [5, 5.41) is 0. The lowest BCUT2D eigenvalue weighted by Crippen LogP contribution is -1.83. The highest BCUT2D eigenvalue weighted by atomic mass is 16.6. The first-order valence-corrected chi connectivity index (χ1v) is 10.2. The molecule has 0 radical (unpaired) electrons. The first-order chi connectivity index (χ1) is 10.9. The number of rotatable bonds is 17. The molecule has 0 aromatic heterocycles. The summed E-state index contributed by atoms with van der Waals surface area (Å²) in [4.78, 5) is 0. The Morgan fingerprint density at radius 3 is 1.50 bits per heavy atom. The van der Waals surface area contributed by atoms with Crippen molar-refractivity contribution in [3.05, 3.63) is 12.2 Å². The number of hydrogen-bond donors (Lipinski definition) is 0. The largest absolute Gasteiger partial charge is 0.369 e. The number of allylic oxidation sites excluding steroid dienone is 1. The van der Waals surface area contributed by atoms with E-state index in [9.17, 15) is 0 Å². The van der Waals surface area contributed by atoms with Gasteiger partial charge in [-0.1, -0.05) is 109 Å². The molecule has 0 aromatic carbocycles. The molecule has 130 valence electrons. The lowest BCUT2D eigenvalue weighted by Gasteiger charge is -2.03. The standard InChI is InChI=1S/C21H40O/c1-2-3-4-5-6-7-8-9-10-11-12-13-14-15-16-17-18-19-21-20-22-21/h18-19,21H,2-17,20H2,1H3. The molecule has 0 spiro atoms. The third kappa shape index (κ3) is 14.6. The molecular weight excluding hydrogens is 268 g/mol. The molecule has 22 heavy (non-hydrogen) atoms. The normalized spacial score (nSPS) is 17.4. The molecule has 1 heterocycles. The van der Waals surface area contributed by atoms with E-state index in [1.165, 1.54) is 103 Å². The summed E-state index contributed by atoms with van der Waals surface area (Å²) in [6.07, 6.45) is 27.9. The fraction of sp³-hybridized carbons (Fsp3) is 0.905. The van der Waals surface area contributed by atoms with Crippen molar-refractivity contribution in [3.8, 4) is 0 Å². The molecule has 0 saturated carbocycles. The van der Waals surface area contributed by atoms with Gasteiger partial charge in [0.2, 0.25) is 0 Å². The maximum Gasteiger partial charge on any atom is 0.0991 e. The molecule has 0 bridgehead atoms. The minimum atomic E-state index is 0.469. The van der Waals surface area contributed by atoms with Crippen LogP contribution in [0.3, 0.4) is 0 Å². The van der Waals surface area contributed by atoms with E-state index in [-0.39, 0.29) is 0 Å². The molecule has 1 saturated heterocycles. The molecule has 1 atom stereocenters. The van der Waals surface area contributed by atoms with E-state index in [4.69, 9.17) is 4.74 Å². The number of hydrogen-bond acceptors (Lipinski definition) is 1. The van der Waals surface area contributed by atoms with Crippen LogP contribution in [0.2, 0.25) is 0 Å². The molecule has 1 unspecified atom stereocenters. The lowest BCUT2D eigenvalue weighted by molar-refractivity contribution is 0.439. The Balaban J connectivity index is 1.62. The van der Waals surface area contributed by atoms with Gasteiger partial charge in [-0.05, 0) is 12.8 Å². The van der Waals surface area contributed by atoms with Crippen molar-refractivity contribution < 1.29 is 4.74 Å². The average molecular weight is 309 g/mol. The van der Waals surface area contributed by atoms with E-state index < -0.39 is 0 Å². The van der Waals surface area contributed by atoms with Crippen LogP contribution in [0.1, 0.15) is 110 Å². The van der Waals surface area contributed by atoms with Crippen molar-refractivity contribution in [1.29, 1.82) is 0 Å². The molecule has 0 aliphatic carbocycles. The molecular formula is C21H40O. The molecule has 0 N–H and O–H groups in total. The zero-order valence-electron chi connectivity index (χ0n) is 15.2. The second kappa shape index (κ2) is 15.6. The Kier molecular flexibility index (Phi) is 14.0. The maximum absolute atomic E-state index is 5.15. The van der Waals surface area contributed by atoms with Crippen LogP contribution in [0.25, 0.3) is 0 Å². The predicted octanol–water partition coefficient (Wildman–Crippen LogP) is 7.20. The summed E-state index contributed by atoms with van der Waals surface area (Å²) >= 11 is 0. The van der Waals surface area contributed by atoms with E-state index in [0.717, 1.165) is 6.61 Å². The third-order valence-corrected chi connectivity index (χ3v) is 4.68. The van der Waals surface area contributed by atoms with Gasteiger partial charge in [0.25, 0.3) is 0 Å². The van der Waals surface area contributed by atoms with E-state index in [1.54, 1.807) is 0 Å². The summed E-state index contributed by atoms with van der Waals surface area (Å²) < 4.78 is 5.15. The van der Waals surface area contributed by atoms with Gasteiger partial charge >= 0.3 is 0 Å².